The molecule has 0 aliphatic heterocycles. The topological polar surface area (TPSA) is 110 Å². The second-order valence-corrected chi connectivity index (χ2v) is 10.8. The Hall–Kier alpha value is -1.98. The molecule has 0 saturated heterocycles. The molecule has 0 bridgehead atoms. The van der Waals surface area contributed by atoms with Crippen molar-refractivity contribution in [1.29, 1.82) is 0 Å². The van der Waals surface area contributed by atoms with Crippen LogP contribution < -0.4 is 10.6 Å². The number of aromatic nitrogens is 2. The van der Waals surface area contributed by atoms with E-state index in [1.54, 1.807) is 6.92 Å². The van der Waals surface area contributed by atoms with Crippen LogP contribution in [0.1, 0.15) is 59.8 Å². The lowest BCUT2D eigenvalue weighted by Crippen LogP contribution is -2.16. The van der Waals surface area contributed by atoms with E-state index in [1.807, 2.05) is 0 Å². The van der Waals surface area contributed by atoms with Crippen LogP contribution in [0.5, 0.6) is 0 Å². The van der Waals surface area contributed by atoms with Gasteiger partial charge in [0.15, 0.2) is 4.34 Å². The second-order valence-electron chi connectivity index (χ2n) is 7.46. The number of hydrogen-bond acceptors (Lipinski definition) is 9. The number of carbonyl (C=O) groups excluding carboxylic acids is 3. The zero-order valence-corrected chi connectivity index (χ0v) is 19.6. The highest BCUT2D eigenvalue weighted by Crippen LogP contribution is 2.38. The number of esters is 1. The first-order valence-corrected chi connectivity index (χ1v) is 13.1. The smallest absolute Gasteiger partial charge is 0.341 e. The molecule has 2 amide bonds. The van der Waals surface area contributed by atoms with Gasteiger partial charge in [0.1, 0.15) is 5.00 Å². The molecule has 2 aromatic rings. The van der Waals surface area contributed by atoms with Gasteiger partial charge in [-0.3, -0.25) is 9.59 Å². The molecule has 0 aromatic carbocycles. The standard InChI is InChI=1S/C20H24N4O4S3/c1-2-28-18(27)15-12-6-4-3-5-7-13(12)30-17(15)21-14(25)10-29-20-24-23-19(31-20)22-16(26)11-8-9-11/h11H,2-10H2,1H3,(H,21,25)(H,22,23,26). The number of carbonyl (C=O) groups is 3. The lowest BCUT2D eigenvalue weighted by molar-refractivity contribution is -0.117. The summed E-state index contributed by atoms with van der Waals surface area (Å²) in [6.07, 6.45) is 6.89. The number of anilines is 2. The molecule has 1 fully saturated rings. The third-order valence-electron chi connectivity index (χ3n) is 5.07. The zero-order valence-electron chi connectivity index (χ0n) is 17.2. The Bertz CT molecular complexity index is 983. The maximum absolute atomic E-state index is 12.6. The molecule has 0 spiro atoms. The maximum Gasteiger partial charge on any atom is 0.341 e. The fourth-order valence-electron chi connectivity index (χ4n) is 3.41. The van der Waals surface area contributed by atoms with Crippen molar-refractivity contribution in [2.75, 3.05) is 23.0 Å². The molecular weight excluding hydrogens is 456 g/mol. The first-order chi connectivity index (χ1) is 15.0. The third-order valence-corrected chi connectivity index (χ3v) is 8.24. The maximum atomic E-state index is 12.6. The number of thiophene rings is 1. The van der Waals surface area contributed by atoms with Gasteiger partial charge in [0, 0.05) is 10.8 Å². The van der Waals surface area contributed by atoms with Crippen LogP contribution in [0, 0.1) is 5.92 Å². The van der Waals surface area contributed by atoms with Gasteiger partial charge in [-0.15, -0.1) is 21.5 Å². The monoisotopic (exact) mass is 480 g/mol. The second kappa shape index (κ2) is 10.1. The SMILES string of the molecule is CCOC(=O)c1c(NC(=O)CSc2nnc(NC(=O)C3CC3)s2)sc2c1CCCCC2. The van der Waals surface area contributed by atoms with Gasteiger partial charge < -0.3 is 15.4 Å². The van der Waals surface area contributed by atoms with Crippen LogP contribution >= 0.6 is 34.4 Å². The van der Waals surface area contributed by atoms with E-state index in [9.17, 15) is 14.4 Å². The Morgan fingerprint density at radius 1 is 1.10 bits per heavy atom. The van der Waals surface area contributed by atoms with Gasteiger partial charge in [-0.2, -0.15) is 0 Å². The average Bonchev–Trinajstić information content (AvgIpc) is 3.47. The van der Waals surface area contributed by atoms with Crippen LogP contribution in [0.25, 0.3) is 0 Å². The van der Waals surface area contributed by atoms with Gasteiger partial charge in [0.2, 0.25) is 16.9 Å². The van der Waals surface area contributed by atoms with Crippen LogP contribution in [0.4, 0.5) is 10.1 Å². The Balaban J connectivity index is 1.38. The fourth-order valence-corrected chi connectivity index (χ4v) is 6.26. The molecule has 2 aliphatic rings. The Morgan fingerprint density at radius 2 is 1.90 bits per heavy atom. The minimum Gasteiger partial charge on any atom is -0.462 e. The highest BCUT2D eigenvalue weighted by Gasteiger charge is 2.30. The van der Waals surface area contributed by atoms with Crippen LogP contribution in [0.15, 0.2) is 4.34 Å². The van der Waals surface area contributed by atoms with Crippen LogP contribution in [-0.4, -0.2) is 40.3 Å². The fraction of sp³-hybridized carbons (Fsp3) is 0.550. The highest BCUT2D eigenvalue weighted by molar-refractivity contribution is 8.01. The molecule has 0 radical (unpaired) electrons. The zero-order chi connectivity index (χ0) is 21.8. The van der Waals surface area contributed by atoms with Crippen molar-refractivity contribution in [2.45, 2.75) is 56.2 Å². The summed E-state index contributed by atoms with van der Waals surface area (Å²) < 4.78 is 5.87. The number of fused-ring (bicyclic) bond motifs is 1. The average molecular weight is 481 g/mol. The summed E-state index contributed by atoms with van der Waals surface area (Å²) >= 11 is 3.99. The molecule has 31 heavy (non-hydrogen) atoms. The predicted molar refractivity (Wildman–Crippen MR) is 122 cm³/mol. The van der Waals surface area contributed by atoms with Crippen molar-refractivity contribution in [3.8, 4) is 0 Å². The summed E-state index contributed by atoms with van der Waals surface area (Å²) in [7, 11) is 0. The van der Waals surface area contributed by atoms with Crippen molar-refractivity contribution >= 4 is 62.4 Å². The molecule has 8 nitrogen and oxygen atoms in total. The molecule has 11 heteroatoms. The molecule has 0 atom stereocenters. The summed E-state index contributed by atoms with van der Waals surface area (Å²) in [6, 6.07) is 0. The van der Waals surface area contributed by atoms with E-state index >= 15 is 0 Å². The minimum atomic E-state index is -0.370. The van der Waals surface area contributed by atoms with Crippen LogP contribution in [0.3, 0.4) is 0 Å². The van der Waals surface area contributed by atoms with Gasteiger partial charge in [0.05, 0.1) is 17.9 Å². The van der Waals surface area contributed by atoms with E-state index < -0.39 is 0 Å². The molecule has 0 unspecified atom stereocenters. The largest absolute Gasteiger partial charge is 0.462 e. The highest BCUT2D eigenvalue weighted by atomic mass is 32.2. The first-order valence-electron chi connectivity index (χ1n) is 10.4. The summed E-state index contributed by atoms with van der Waals surface area (Å²) in [4.78, 5) is 38.2. The Labute approximate surface area is 192 Å². The van der Waals surface area contributed by atoms with Crippen LogP contribution in [-0.2, 0) is 27.2 Å². The molecule has 1 saturated carbocycles. The summed E-state index contributed by atoms with van der Waals surface area (Å²) in [5.74, 6) is -0.374. The third kappa shape index (κ3) is 5.64. The lowest BCUT2D eigenvalue weighted by Gasteiger charge is -2.08. The molecule has 4 rings (SSSR count). The summed E-state index contributed by atoms with van der Waals surface area (Å²) in [5, 5.41) is 14.7. The lowest BCUT2D eigenvalue weighted by atomic mass is 10.1. The Kier molecular flexibility index (Phi) is 7.24. The number of nitrogens with one attached hydrogen (secondary N) is 2. The molecule has 2 aromatic heterocycles. The summed E-state index contributed by atoms with van der Waals surface area (Å²) in [5.41, 5.74) is 1.55. The van der Waals surface area contributed by atoms with Crippen LogP contribution in [0.2, 0.25) is 0 Å². The number of nitrogens with zero attached hydrogens (tertiary/aromatic N) is 2. The Morgan fingerprint density at radius 3 is 2.68 bits per heavy atom. The van der Waals surface area contributed by atoms with E-state index in [2.05, 4.69) is 20.8 Å². The van der Waals surface area contributed by atoms with Gasteiger partial charge in [-0.25, -0.2) is 4.79 Å². The quantitative estimate of drug-likeness (QED) is 0.253. The number of amides is 2. The number of aryl methyl sites for hydroxylation is 1. The number of ether oxygens (including phenoxy) is 1. The van der Waals surface area contributed by atoms with Crippen molar-refractivity contribution < 1.29 is 19.1 Å². The summed E-state index contributed by atoms with van der Waals surface area (Å²) in [6.45, 7) is 2.07. The molecule has 2 aliphatic carbocycles. The van der Waals surface area contributed by atoms with E-state index in [-0.39, 0.29) is 29.5 Å². The van der Waals surface area contributed by atoms with Gasteiger partial charge in [-0.1, -0.05) is 29.5 Å². The van der Waals surface area contributed by atoms with Crippen molar-refractivity contribution in [2.24, 2.45) is 5.92 Å². The first kappa shape index (κ1) is 22.2. The molecule has 166 valence electrons. The van der Waals surface area contributed by atoms with E-state index in [1.165, 1.54) is 39.3 Å². The predicted octanol–water partition coefficient (Wildman–Crippen LogP) is 4.12. The van der Waals surface area contributed by atoms with Crippen molar-refractivity contribution in [3.63, 3.8) is 0 Å². The van der Waals surface area contributed by atoms with E-state index in [0.717, 1.165) is 50.5 Å². The normalized spacial score (nSPS) is 15.6. The molecule has 2 N–H and O–H groups in total. The minimum absolute atomic E-state index is 0.0191. The van der Waals surface area contributed by atoms with Gasteiger partial charge in [-0.05, 0) is 51.0 Å². The number of rotatable bonds is 8. The van der Waals surface area contributed by atoms with Crippen molar-refractivity contribution in [1.82, 2.24) is 10.2 Å². The van der Waals surface area contributed by atoms with E-state index in [0.29, 0.717) is 26.6 Å². The number of thioether (sulfide) groups is 1. The molecular formula is C20H24N4O4S3. The number of hydrogen-bond donors (Lipinski definition) is 2. The van der Waals surface area contributed by atoms with Crippen molar-refractivity contribution in [3.05, 3.63) is 16.0 Å². The molecule has 2 heterocycles. The van der Waals surface area contributed by atoms with Gasteiger partial charge >= 0.3 is 5.97 Å². The van der Waals surface area contributed by atoms with Gasteiger partial charge in [0.25, 0.3) is 0 Å². The van der Waals surface area contributed by atoms with E-state index in [4.69, 9.17) is 4.74 Å².